The largest absolute Gasteiger partial charge is 0.463 e. The lowest BCUT2D eigenvalue weighted by Gasteiger charge is -2.28. The number of anilines is 1. The first-order chi connectivity index (χ1) is 20.0. The maximum absolute atomic E-state index is 13.0. The van der Waals surface area contributed by atoms with Crippen LogP contribution in [0.3, 0.4) is 0 Å². The van der Waals surface area contributed by atoms with Crippen LogP contribution in [-0.4, -0.2) is 32.3 Å². The molecule has 0 radical (unpaired) electrons. The van der Waals surface area contributed by atoms with Crippen LogP contribution in [0.25, 0.3) is 22.8 Å². The van der Waals surface area contributed by atoms with Crippen molar-refractivity contribution in [3.8, 4) is 22.8 Å². The number of carbonyl (C=O) groups is 1. The molecule has 206 valence electrons. The first-order valence-corrected chi connectivity index (χ1v) is 14.4. The second-order valence-electron chi connectivity index (χ2n) is 9.74. The average Bonchev–Trinajstić information content (AvgIpc) is 3.64. The number of thioether (sulfide) groups is 1. The third-order valence-corrected chi connectivity index (χ3v) is 7.76. The zero-order valence-corrected chi connectivity index (χ0v) is 23.8. The van der Waals surface area contributed by atoms with E-state index in [1.807, 2.05) is 80.6 Å². The number of allylic oxidation sites excluding steroid dienone is 1. The molecule has 0 saturated heterocycles. The minimum absolute atomic E-state index is 0.296. The Bertz CT molecular complexity index is 1710. The fourth-order valence-corrected chi connectivity index (χ4v) is 5.54. The van der Waals surface area contributed by atoms with Crippen molar-refractivity contribution in [1.82, 2.24) is 19.7 Å². The van der Waals surface area contributed by atoms with Gasteiger partial charge in [-0.3, -0.25) is 0 Å². The highest BCUT2D eigenvalue weighted by atomic mass is 32.2. The van der Waals surface area contributed by atoms with Gasteiger partial charge in [-0.1, -0.05) is 84.1 Å². The summed E-state index contributed by atoms with van der Waals surface area (Å²) in [6.07, 6.45) is 1.75. The Morgan fingerprint density at radius 1 is 1.00 bits per heavy atom. The number of hydrogen-bond donors (Lipinski definition) is 1. The number of carbonyl (C=O) groups excluding carboxylic acids is 1. The van der Waals surface area contributed by atoms with Crippen LogP contribution in [0.5, 0.6) is 0 Å². The average molecular weight is 564 g/mol. The van der Waals surface area contributed by atoms with Gasteiger partial charge in [0.15, 0.2) is 5.76 Å². The third-order valence-electron chi connectivity index (χ3n) is 6.85. The first kappa shape index (κ1) is 26.6. The van der Waals surface area contributed by atoms with E-state index in [1.165, 1.54) is 11.8 Å². The van der Waals surface area contributed by atoms with Gasteiger partial charge >= 0.3 is 5.97 Å². The van der Waals surface area contributed by atoms with Gasteiger partial charge in [0.1, 0.15) is 6.04 Å². The van der Waals surface area contributed by atoms with Crippen LogP contribution in [0.2, 0.25) is 0 Å². The van der Waals surface area contributed by atoms with E-state index in [9.17, 15) is 4.79 Å². The number of rotatable bonds is 8. The number of aromatic nitrogens is 4. The Balaban J connectivity index is 1.20. The van der Waals surface area contributed by atoms with Crippen LogP contribution < -0.4 is 5.32 Å². The number of hydrogen-bond acceptors (Lipinski definition) is 8. The van der Waals surface area contributed by atoms with Gasteiger partial charge in [-0.15, -0.1) is 5.10 Å². The zero-order chi connectivity index (χ0) is 28.3. The van der Waals surface area contributed by atoms with Crippen molar-refractivity contribution in [2.45, 2.75) is 37.7 Å². The van der Waals surface area contributed by atoms with E-state index in [4.69, 9.17) is 19.2 Å². The van der Waals surface area contributed by atoms with E-state index in [2.05, 4.69) is 22.4 Å². The predicted octanol–water partition coefficient (Wildman–Crippen LogP) is 7.05. The lowest BCUT2D eigenvalue weighted by molar-refractivity contribution is -0.139. The van der Waals surface area contributed by atoms with Gasteiger partial charge in [-0.05, 0) is 44.0 Å². The van der Waals surface area contributed by atoms with Crippen LogP contribution in [0.1, 0.15) is 36.6 Å². The molecule has 1 atom stereocenters. The molecule has 0 aliphatic carbocycles. The van der Waals surface area contributed by atoms with Gasteiger partial charge in [-0.2, -0.15) is 4.98 Å². The molecule has 0 spiro atoms. The minimum atomic E-state index is -0.436. The van der Waals surface area contributed by atoms with Crippen molar-refractivity contribution in [3.05, 3.63) is 113 Å². The third kappa shape index (κ3) is 5.53. The molecule has 0 saturated carbocycles. The van der Waals surface area contributed by atoms with Gasteiger partial charge in [0.2, 0.25) is 17.0 Å². The summed E-state index contributed by atoms with van der Waals surface area (Å²) in [4.78, 5) is 22.2. The molecule has 1 aliphatic heterocycles. The number of aryl methyl sites for hydroxylation is 1. The number of fused-ring (bicyclic) bond motifs is 1. The summed E-state index contributed by atoms with van der Waals surface area (Å²) in [6.45, 7) is 6.01. The topological polar surface area (TPSA) is 95.1 Å². The number of ether oxygens (including phenoxy) is 1. The van der Waals surface area contributed by atoms with Crippen molar-refractivity contribution in [1.29, 1.82) is 0 Å². The molecule has 8 nitrogen and oxygen atoms in total. The standard InChI is InChI=1S/C32H29N5O3S/c1-4-39-30(38)27-21(3)34-31-35-32(36-37(31)28(27)24-14-10-20(2)11-15-24)41-19-22-12-16-25(17-13-22)29-33-18-26(40-29)23-8-6-5-7-9-23/h5-18,28H,4,19H2,1-3H3,(H,34,35,36)/t28-/m1/s1. The molecule has 1 aliphatic rings. The Kier molecular flexibility index (Phi) is 7.43. The Labute approximate surface area is 242 Å². The van der Waals surface area contributed by atoms with Crippen LogP contribution in [0.15, 0.2) is 106 Å². The lowest BCUT2D eigenvalue weighted by atomic mass is 9.95. The van der Waals surface area contributed by atoms with Crippen LogP contribution in [0.4, 0.5) is 5.95 Å². The highest BCUT2D eigenvalue weighted by Gasteiger charge is 2.35. The molecule has 5 aromatic rings. The number of nitrogens with one attached hydrogen (secondary N) is 1. The number of esters is 1. The molecule has 0 bridgehead atoms. The van der Waals surface area contributed by atoms with E-state index >= 15 is 0 Å². The lowest BCUT2D eigenvalue weighted by Crippen LogP contribution is -2.29. The number of oxazole rings is 1. The molecule has 0 unspecified atom stereocenters. The molecular formula is C32H29N5O3S. The Morgan fingerprint density at radius 3 is 2.49 bits per heavy atom. The molecule has 1 N–H and O–H groups in total. The normalized spacial score (nSPS) is 14.5. The van der Waals surface area contributed by atoms with Crippen molar-refractivity contribution in [2.75, 3.05) is 11.9 Å². The zero-order valence-electron chi connectivity index (χ0n) is 23.0. The molecule has 3 aromatic carbocycles. The molecule has 41 heavy (non-hydrogen) atoms. The van der Waals surface area contributed by atoms with E-state index in [-0.39, 0.29) is 5.97 Å². The van der Waals surface area contributed by atoms with Gasteiger partial charge in [0.05, 0.1) is 18.4 Å². The summed E-state index contributed by atoms with van der Waals surface area (Å²) in [5, 5.41) is 8.68. The van der Waals surface area contributed by atoms with Crippen LogP contribution in [0, 0.1) is 6.92 Å². The summed E-state index contributed by atoms with van der Waals surface area (Å²) in [5.74, 6) is 2.23. The monoisotopic (exact) mass is 563 g/mol. The molecular weight excluding hydrogens is 534 g/mol. The minimum Gasteiger partial charge on any atom is -0.463 e. The van der Waals surface area contributed by atoms with E-state index in [1.54, 1.807) is 17.8 Å². The molecule has 2 aromatic heterocycles. The summed E-state index contributed by atoms with van der Waals surface area (Å²) < 4.78 is 13.2. The van der Waals surface area contributed by atoms with Gasteiger partial charge < -0.3 is 14.5 Å². The fraction of sp³-hybridized carbons (Fsp3) is 0.188. The van der Waals surface area contributed by atoms with E-state index < -0.39 is 6.04 Å². The second kappa shape index (κ2) is 11.5. The molecule has 0 amide bonds. The number of benzene rings is 3. The summed E-state index contributed by atoms with van der Waals surface area (Å²) >= 11 is 1.53. The molecule has 9 heteroatoms. The highest BCUT2D eigenvalue weighted by molar-refractivity contribution is 7.98. The van der Waals surface area contributed by atoms with Gasteiger partial charge in [-0.25, -0.2) is 14.5 Å². The molecule has 3 heterocycles. The smallest absolute Gasteiger partial charge is 0.338 e. The first-order valence-electron chi connectivity index (χ1n) is 13.4. The molecule has 6 rings (SSSR count). The summed E-state index contributed by atoms with van der Waals surface area (Å²) in [5.41, 5.74) is 6.35. The second-order valence-corrected chi connectivity index (χ2v) is 10.7. The molecule has 0 fully saturated rings. The Morgan fingerprint density at radius 2 is 1.76 bits per heavy atom. The summed E-state index contributed by atoms with van der Waals surface area (Å²) in [6, 6.07) is 25.7. The van der Waals surface area contributed by atoms with E-state index in [0.717, 1.165) is 33.6 Å². The van der Waals surface area contributed by atoms with Crippen molar-refractivity contribution >= 4 is 23.7 Å². The fourth-order valence-electron chi connectivity index (χ4n) is 4.76. The quantitative estimate of drug-likeness (QED) is 0.158. The Hall–Kier alpha value is -4.63. The van der Waals surface area contributed by atoms with Gasteiger partial charge in [0, 0.05) is 22.6 Å². The number of nitrogens with zero attached hydrogens (tertiary/aromatic N) is 4. The SMILES string of the molecule is CCOC(=O)C1=C(C)Nc2nc(SCc3ccc(-c4ncc(-c5ccccc5)o4)cc3)nn2[C@@H]1c1ccc(C)cc1. The van der Waals surface area contributed by atoms with Crippen molar-refractivity contribution in [3.63, 3.8) is 0 Å². The van der Waals surface area contributed by atoms with E-state index in [0.29, 0.717) is 40.6 Å². The maximum atomic E-state index is 13.0. The summed E-state index contributed by atoms with van der Waals surface area (Å²) in [7, 11) is 0. The predicted molar refractivity (Wildman–Crippen MR) is 159 cm³/mol. The van der Waals surface area contributed by atoms with Crippen LogP contribution >= 0.6 is 11.8 Å². The van der Waals surface area contributed by atoms with Crippen molar-refractivity contribution in [2.24, 2.45) is 0 Å². The maximum Gasteiger partial charge on any atom is 0.338 e. The highest BCUT2D eigenvalue weighted by Crippen LogP contribution is 2.37. The van der Waals surface area contributed by atoms with Crippen molar-refractivity contribution < 1.29 is 13.9 Å². The van der Waals surface area contributed by atoms with Gasteiger partial charge in [0.25, 0.3) is 0 Å². The van der Waals surface area contributed by atoms with Crippen LogP contribution in [-0.2, 0) is 15.3 Å².